The molecule has 2 rings (SSSR count). The van der Waals surface area contributed by atoms with Gasteiger partial charge in [0.15, 0.2) is 5.96 Å². The van der Waals surface area contributed by atoms with Crippen LogP contribution < -0.4 is 15.5 Å². The van der Waals surface area contributed by atoms with Crippen LogP contribution in [0.25, 0.3) is 0 Å². The van der Waals surface area contributed by atoms with Gasteiger partial charge in [-0.2, -0.15) is 0 Å². The van der Waals surface area contributed by atoms with Crippen LogP contribution in [-0.4, -0.2) is 51.3 Å². The molecule has 0 atom stereocenters. The molecule has 0 saturated carbocycles. The Morgan fingerprint density at radius 3 is 2.81 bits per heavy atom. The zero-order chi connectivity index (χ0) is 18.8. The average molecular weight is 488 g/mol. The van der Waals surface area contributed by atoms with Crippen molar-refractivity contribution in [3.63, 3.8) is 0 Å². The minimum absolute atomic E-state index is 0. The molecule has 0 saturated heterocycles. The van der Waals surface area contributed by atoms with Gasteiger partial charge in [-0.15, -0.1) is 24.0 Å². The zero-order valence-corrected chi connectivity index (χ0v) is 19.0. The molecule has 0 aliphatic carbocycles. The normalized spacial score (nSPS) is 13.3. The van der Waals surface area contributed by atoms with Crippen LogP contribution in [-0.2, 0) is 16.0 Å². The van der Waals surface area contributed by atoms with E-state index in [1.54, 1.807) is 0 Å². The molecule has 27 heavy (non-hydrogen) atoms. The van der Waals surface area contributed by atoms with Crippen LogP contribution in [0.2, 0.25) is 0 Å². The van der Waals surface area contributed by atoms with Gasteiger partial charge in [0.2, 0.25) is 5.91 Å². The molecule has 1 aromatic carbocycles. The highest BCUT2D eigenvalue weighted by molar-refractivity contribution is 14.0. The molecule has 0 bridgehead atoms. The molecule has 1 heterocycles. The van der Waals surface area contributed by atoms with Crippen molar-refractivity contribution in [1.82, 2.24) is 10.6 Å². The minimum atomic E-state index is 0. The third-order valence-electron chi connectivity index (χ3n) is 4.11. The number of carbonyl (C=O) groups excluding carboxylic acids is 1. The van der Waals surface area contributed by atoms with Crippen molar-refractivity contribution >= 4 is 41.5 Å². The van der Waals surface area contributed by atoms with Gasteiger partial charge >= 0.3 is 0 Å². The van der Waals surface area contributed by atoms with E-state index >= 15 is 0 Å². The zero-order valence-electron chi connectivity index (χ0n) is 16.7. The number of halogens is 1. The number of para-hydroxylation sites is 1. The summed E-state index contributed by atoms with van der Waals surface area (Å²) in [6.45, 7) is 10.2. The van der Waals surface area contributed by atoms with E-state index in [0.717, 1.165) is 51.4 Å². The Balaban J connectivity index is 0.00000364. The van der Waals surface area contributed by atoms with Crippen molar-refractivity contribution in [2.45, 2.75) is 33.6 Å². The van der Waals surface area contributed by atoms with Crippen LogP contribution >= 0.6 is 24.0 Å². The van der Waals surface area contributed by atoms with E-state index in [1.807, 2.05) is 30.0 Å². The number of guanidine groups is 1. The lowest BCUT2D eigenvalue weighted by molar-refractivity contribution is -0.117. The molecule has 1 aliphatic heterocycles. The van der Waals surface area contributed by atoms with E-state index in [1.165, 1.54) is 5.56 Å². The highest BCUT2D eigenvalue weighted by atomic mass is 127. The van der Waals surface area contributed by atoms with Crippen molar-refractivity contribution in [2.75, 3.05) is 44.3 Å². The first-order valence-electron chi connectivity index (χ1n) is 9.60. The Labute approximate surface area is 180 Å². The Hall–Kier alpha value is -1.35. The number of nitrogens with zero attached hydrogens (tertiary/aromatic N) is 2. The fourth-order valence-corrected chi connectivity index (χ4v) is 2.87. The molecule has 152 valence electrons. The van der Waals surface area contributed by atoms with Crippen molar-refractivity contribution in [2.24, 2.45) is 10.9 Å². The average Bonchev–Trinajstić information content (AvgIpc) is 3.06. The largest absolute Gasteiger partial charge is 0.381 e. The molecule has 0 radical (unpaired) electrons. The summed E-state index contributed by atoms with van der Waals surface area (Å²) in [4.78, 5) is 18.8. The quantitative estimate of drug-likeness (QED) is 0.243. The van der Waals surface area contributed by atoms with Gasteiger partial charge in [-0.05, 0) is 37.3 Å². The number of carbonyl (C=O) groups is 1. The maximum atomic E-state index is 12.5. The molecule has 0 spiro atoms. The number of aliphatic imine (C=N–C) groups is 1. The number of anilines is 1. The lowest BCUT2D eigenvalue weighted by Gasteiger charge is -2.17. The molecule has 6 nitrogen and oxygen atoms in total. The molecule has 0 unspecified atom stereocenters. The number of nitrogens with one attached hydrogen (secondary N) is 2. The van der Waals surface area contributed by atoms with Crippen LogP contribution in [0.5, 0.6) is 0 Å². The highest BCUT2D eigenvalue weighted by Crippen LogP contribution is 2.27. The van der Waals surface area contributed by atoms with Crippen molar-refractivity contribution in [3.05, 3.63) is 29.8 Å². The van der Waals surface area contributed by atoms with Crippen LogP contribution in [0.4, 0.5) is 5.69 Å². The van der Waals surface area contributed by atoms with Gasteiger partial charge in [-0.3, -0.25) is 4.79 Å². The SMILES string of the molecule is CCNC(=NCC(=O)N1CCc2ccccc21)NCCCOCC(C)C.I. The van der Waals surface area contributed by atoms with Crippen LogP contribution in [0.15, 0.2) is 29.3 Å². The highest BCUT2D eigenvalue weighted by Gasteiger charge is 2.23. The number of ether oxygens (including phenoxy) is 1. The summed E-state index contributed by atoms with van der Waals surface area (Å²) in [5.41, 5.74) is 2.25. The van der Waals surface area contributed by atoms with Gasteiger partial charge in [-0.25, -0.2) is 4.99 Å². The minimum Gasteiger partial charge on any atom is -0.381 e. The molecular weight excluding hydrogens is 455 g/mol. The second kappa shape index (κ2) is 12.9. The molecule has 1 aromatic rings. The molecule has 1 amide bonds. The van der Waals surface area contributed by atoms with Gasteiger partial charge < -0.3 is 20.3 Å². The van der Waals surface area contributed by atoms with E-state index in [2.05, 4.69) is 35.5 Å². The summed E-state index contributed by atoms with van der Waals surface area (Å²) in [6.07, 6.45) is 1.82. The Kier molecular flexibility index (Phi) is 11.3. The van der Waals surface area contributed by atoms with Gasteiger partial charge in [0.05, 0.1) is 0 Å². The van der Waals surface area contributed by atoms with E-state index in [0.29, 0.717) is 11.9 Å². The summed E-state index contributed by atoms with van der Waals surface area (Å²) in [5.74, 6) is 1.27. The van der Waals surface area contributed by atoms with Gasteiger partial charge in [0, 0.05) is 38.5 Å². The molecular formula is C20H33IN4O2. The predicted molar refractivity (Wildman–Crippen MR) is 122 cm³/mol. The van der Waals surface area contributed by atoms with E-state index in [-0.39, 0.29) is 36.4 Å². The molecule has 0 fully saturated rings. The fourth-order valence-electron chi connectivity index (χ4n) is 2.87. The number of hydrogen-bond acceptors (Lipinski definition) is 3. The molecule has 0 aromatic heterocycles. The first kappa shape index (κ1) is 23.7. The first-order valence-corrected chi connectivity index (χ1v) is 9.60. The summed E-state index contributed by atoms with van der Waals surface area (Å²) >= 11 is 0. The maximum absolute atomic E-state index is 12.5. The summed E-state index contributed by atoms with van der Waals surface area (Å²) in [7, 11) is 0. The second-order valence-corrected chi connectivity index (χ2v) is 6.87. The Bertz CT molecular complexity index is 607. The van der Waals surface area contributed by atoms with Crippen molar-refractivity contribution < 1.29 is 9.53 Å². The predicted octanol–water partition coefficient (Wildman–Crippen LogP) is 2.81. The monoisotopic (exact) mass is 488 g/mol. The number of rotatable bonds is 9. The Morgan fingerprint density at radius 2 is 2.07 bits per heavy atom. The fraction of sp³-hybridized carbons (Fsp3) is 0.600. The van der Waals surface area contributed by atoms with E-state index in [9.17, 15) is 4.79 Å². The van der Waals surface area contributed by atoms with Crippen molar-refractivity contribution in [3.8, 4) is 0 Å². The van der Waals surface area contributed by atoms with Crippen LogP contribution in [0, 0.1) is 5.92 Å². The maximum Gasteiger partial charge on any atom is 0.248 e. The van der Waals surface area contributed by atoms with Crippen molar-refractivity contribution in [1.29, 1.82) is 0 Å². The summed E-state index contributed by atoms with van der Waals surface area (Å²) < 4.78 is 5.57. The van der Waals surface area contributed by atoms with E-state index in [4.69, 9.17) is 4.74 Å². The molecule has 1 aliphatic rings. The number of fused-ring (bicyclic) bond motifs is 1. The second-order valence-electron chi connectivity index (χ2n) is 6.87. The molecule has 7 heteroatoms. The van der Waals surface area contributed by atoms with Gasteiger partial charge in [0.25, 0.3) is 0 Å². The third kappa shape index (κ3) is 8.04. The summed E-state index contributed by atoms with van der Waals surface area (Å²) in [6, 6.07) is 8.08. The topological polar surface area (TPSA) is 66.0 Å². The Morgan fingerprint density at radius 1 is 1.30 bits per heavy atom. The summed E-state index contributed by atoms with van der Waals surface area (Å²) in [5, 5.41) is 6.45. The standard InChI is InChI=1S/C20H32N4O2.HI/c1-4-21-20(22-11-7-13-26-15-16(2)3)23-14-19(25)24-12-10-17-8-5-6-9-18(17)24;/h5-6,8-9,16H,4,7,10-15H2,1-3H3,(H2,21,22,23);1H. The van der Waals surface area contributed by atoms with Crippen LogP contribution in [0.3, 0.4) is 0 Å². The number of benzene rings is 1. The first-order chi connectivity index (χ1) is 12.6. The van der Waals surface area contributed by atoms with Crippen LogP contribution in [0.1, 0.15) is 32.8 Å². The lowest BCUT2D eigenvalue weighted by atomic mass is 10.2. The number of hydrogen-bond donors (Lipinski definition) is 2. The van der Waals surface area contributed by atoms with E-state index < -0.39 is 0 Å². The lowest BCUT2D eigenvalue weighted by Crippen LogP contribution is -2.39. The third-order valence-corrected chi connectivity index (χ3v) is 4.11. The van der Waals surface area contributed by atoms with Gasteiger partial charge in [-0.1, -0.05) is 32.0 Å². The smallest absolute Gasteiger partial charge is 0.248 e. The van der Waals surface area contributed by atoms with Gasteiger partial charge in [0.1, 0.15) is 6.54 Å². The molecule has 2 N–H and O–H groups in total. The number of amides is 1.